The average Bonchev–Trinajstić information content (AvgIpc) is 3.29. The zero-order chi connectivity index (χ0) is 20.4. The highest BCUT2D eigenvalue weighted by molar-refractivity contribution is 6.13. The van der Waals surface area contributed by atoms with E-state index < -0.39 is 17.7 Å². The number of benzene rings is 2. The lowest BCUT2D eigenvalue weighted by molar-refractivity contribution is -0.125. The summed E-state index contributed by atoms with van der Waals surface area (Å²) < 4.78 is 26.7. The van der Waals surface area contributed by atoms with Crippen LogP contribution < -0.4 is 5.32 Å². The Kier molecular flexibility index (Phi) is 5.40. The van der Waals surface area contributed by atoms with E-state index in [9.17, 15) is 18.7 Å². The lowest BCUT2D eigenvalue weighted by atomic mass is 10.0. The molecule has 0 aliphatic carbocycles. The van der Waals surface area contributed by atoms with Gasteiger partial charge in [0.25, 0.3) is 0 Å². The van der Waals surface area contributed by atoms with Crippen molar-refractivity contribution in [3.05, 3.63) is 76.9 Å². The third kappa shape index (κ3) is 4.51. The summed E-state index contributed by atoms with van der Waals surface area (Å²) >= 11 is 0. The molecule has 0 bridgehead atoms. The van der Waals surface area contributed by atoms with E-state index in [1.165, 1.54) is 18.2 Å². The number of nitrogens with one attached hydrogen (secondary N) is 1. The summed E-state index contributed by atoms with van der Waals surface area (Å²) in [5.74, 6) is -1.35. The monoisotopic (exact) mass is 397 g/mol. The van der Waals surface area contributed by atoms with E-state index in [1.54, 1.807) is 11.0 Å². The summed E-state index contributed by atoms with van der Waals surface area (Å²) in [6.07, 6.45) is 3.34. The molecule has 0 spiro atoms. The number of rotatable bonds is 5. The summed E-state index contributed by atoms with van der Waals surface area (Å²) in [5, 5.41) is 12.7. The minimum atomic E-state index is -0.606. The Morgan fingerprint density at radius 1 is 1.24 bits per heavy atom. The molecule has 29 heavy (non-hydrogen) atoms. The molecule has 0 unspecified atom stereocenters. The number of likely N-dealkylation sites (tertiary alicyclic amines) is 1. The molecule has 150 valence electrons. The van der Waals surface area contributed by atoms with Crippen LogP contribution in [0.15, 0.2) is 53.5 Å². The van der Waals surface area contributed by atoms with Crippen LogP contribution in [-0.4, -0.2) is 40.8 Å². The van der Waals surface area contributed by atoms with Crippen molar-refractivity contribution in [1.82, 2.24) is 4.90 Å². The number of allylic oxidation sites excluding steroid dienone is 1. The van der Waals surface area contributed by atoms with Crippen molar-refractivity contribution in [3.63, 3.8) is 0 Å². The number of anilines is 1. The average molecular weight is 397 g/mol. The molecule has 2 aliphatic rings. The zero-order valence-electron chi connectivity index (χ0n) is 15.7. The Morgan fingerprint density at radius 3 is 2.76 bits per heavy atom. The zero-order valence-corrected chi connectivity index (χ0v) is 15.7. The topological polar surface area (TPSA) is 64.9 Å². The van der Waals surface area contributed by atoms with E-state index >= 15 is 0 Å². The maximum absolute atomic E-state index is 13.3. The summed E-state index contributed by atoms with van der Waals surface area (Å²) in [5.41, 5.74) is 4.00. The van der Waals surface area contributed by atoms with Crippen LogP contribution in [0.3, 0.4) is 0 Å². The number of β-amino-alcohol motifs (C(OH)–C–C–N with tert-alkyl or cyclic N) is 1. The Bertz CT molecular complexity index is 983. The van der Waals surface area contributed by atoms with Gasteiger partial charge in [-0.3, -0.25) is 9.79 Å². The first-order chi connectivity index (χ1) is 14.0. The van der Waals surface area contributed by atoms with Gasteiger partial charge in [-0.15, -0.1) is 0 Å². The number of carbonyl (C=O) groups is 1. The third-order valence-corrected chi connectivity index (χ3v) is 5.08. The van der Waals surface area contributed by atoms with Crippen LogP contribution in [0.25, 0.3) is 0 Å². The fourth-order valence-electron chi connectivity index (χ4n) is 3.58. The van der Waals surface area contributed by atoms with Gasteiger partial charge in [-0.1, -0.05) is 6.07 Å². The van der Waals surface area contributed by atoms with Crippen molar-refractivity contribution in [2.24, 2.45) is 4.99 Å². The van der Waals surface area contributed by atoms with Crippen LogP contribution in [0.5, 0.6) is 0 Å². The Labute approximate surface area is 167 Å². The van der Waals surface area contributed by atoms with E-state index in [1.807, 2.05) is 18.2 Å². The molecule has 2 aromatic carbocycles. The van der Waals surface area contributed by atoms with Crippen molar-refractivity contribution in [2.75, 3.05) is 18.4 Å². The van der Waals surface area contributed by atoms with Crippen LogP contribution in [0, 0.1) is 11.6 Å². The molecular formula is C22H21F2N3O2. The second-order valence-corrected chi connectivity index (χ2v) is 7.26. The van der Waals surface area contributed by atoms with Crippen molar-refractivity contribution < 1.29 is 18.7 Å². The quantitative estimate of drug-likeness (QED) is 0.763. The number of carbonyl (C=O) groups excluding carboxylic acids is 1. The highest BCUT2D eigenvalue weighted by Crippen LogP contribution is 2.24. The maximum atomic E-state index is 13.3. The van der Waals surface area contributed by atoms with Crippen LogP contribution in [0.1, 0.15) is 23.1 Å². The van der Waals surface area contributed by atoms with Crippen LogP contribution in [0.2, 0.25) is 0 Å². The smallest absolute Gasteiger partial charge is 0.246 e. The molecule has 7 heteroatoms. The first-order valence-electron chi connectivity index (χ1n) is 9.49. The largest absolute Gasteiger partial charge is 0.391 e. The van der Waals surface area contributed by atoms with Gasteiger partial charge in [0, 0.05) is 43.0 Å². The van der Waals surface area contributed by atoms with Gasteiger partial charge in [0.05, 0.1) is 18.4 Å². The van der Waals surface area contributed by atoms with Gasteiger partial charge in [-0.2, -0.15) is 0 Å². The fourth-order valence-corrected chi connectivity index (χ4v) is 3.58. The standard InChI is InChI=1S/C22H21F2N3O2/c23-16-7-14(8-17(24)9-16)11-25-18-2-1-15-12-26-21(20(15)10-18)3-4-22(29)27-6-5-19(28)13-27/h1-4,7-10,19,25,28H,5-6,11-13H2/b4-3+/t19-/m1/s1. The van der Waals surface area contributed by atoms with Crippen molar-refractivity contribution >= 4 is 17.3 Å². The predicted molar refractivity (Wildman–Crippen MR) is 107 cm³/mol. The molecule has 1 amide bonds. The minimum Gasteiger partial charge on any atom is -0.391 e. The van der Waals surface area contributed by atoms with E-state index in [-0.39, 0.29) is 12.5 Å². The third-order valence-electron chi connectivity index (χ3n) is 5.08. The number of aliphatic hydroxyl groups is 1. The molecular weight excluding hydrogens is 376 g/mol. The predicted octanol–water partition coefficient (Wildman–Crippen LogP) is 3.03. The van der Waals surface area contributed by atoms with Crippen LogP contribution in [0.4, 0.5) is 14.5 Å². The lowest BCUT2D eigenvalue weighted by Crippen LogP contribution is -2.27. The second-order valence-electron chi connectivity index (χ2n) is 7.26. The van der Waals surface area contributed by atoms with Gasteiger partial charge in [-0.05, 0) is 47.9 Å². The second kappa shape index (κ2) is 8.13. The molecule has 0 saturated carbocycles. The number of halogens is 2. The van der Waals surface area contributed by atoms with Gasteiger partial charge >= 0.3 is 0 Å². The van der Waals surface area contributed by atoms with Crippen molar-refractivity contribution in [1.29, 1.82) is 0 Å². The van der Waals surface area contributed by atoms with E-state index in [0.29, 0.717) is 37.3 Å². The number of nitrogens with zero attached hydrogens (tertiary/aromatic N) is 2. The summed E-state index contributed by atoms with van der Waals surface area (Å²) in [6, 6.07) is 9.20. The molecule has 2 aliphatic heterocycles. The first kappa shape index (κ1) is 19.3. The number of fused-ring (bicyclic) bond motifs is 1. The normalized spacial score (nSPS) is 18.2. The number of hydrogen-bond donors (Lipinski definition) is 2. The van der Waals surface area contributed by atoms with Crippen molar-refractivity contribution in [3.8, 4) is 0 Å². The summed E-state index contributed by atoms with van der Waals surface area (Å²) in [4.78, 5) is 18.3. The summed E-state index contributed by atoms with van der Waals surface area (Å²) in [6.45, 7) is 1.75. The molecule has 2 aromatic rings. The molecule has 1 fully saturated rings. The maximum Gasteiger partial charge on any atom is 0.246 e. The van der Waals surface area contributed by atoms with Gasteiger partial charge in [-0.25, -0.2) is 8.78 Å². The Balaban J connectivity index is 1.43. The SMILES string of the molecule is O=C(/C=C/C1=NCc2ccc(NCc3cc(F)cc(F)c3)cc21)N1CC[C@@H](O)C1. The molecule has 2 N–H and O–H groups in total. The molecule has 5 nitrogen and oxygen atoms in total. The molecule has 2 heterocycles. The summed E-state index contributed by atoms with van der Waals surface area (Å²) in [7, 11) is 0. The van der Waals surface area contributed by atoms with E-state index in [2.05, 4.69) is 10.3 Å². The molecule has 4 rings (SSSR count). The highest BCUT2D eigenvalue weighted by atomic mass is 19.1. The fraction of sp³-hybridized carbons (Fsp3) is 0.273. The number of hydrogen-bond acceptors (Lipinski definition) is 4. The molecule has 0 radical (unpaired) electrons. The van der Waals surface area contributed by atoms with Crippen LogP contribution in [-0.2, 0) is 17.9 Å². The van der Waals surface area contributed by atoms with E-state index in [0.717, 1.165) is 22.9 Å². The molecule has 0 aromatic heterocycles. The molecule has 1 saturated heterocycles. The number of aliphatic hydroxyl groups excluding tert-OH is 1. The van der Waals surface area contributed by atoms with Gasteiger partial charge in [0.15, 0.2) is 0 Å². The number of aliphatic imine (C=N–C) groups is 1. The van der Waals surface area contributed by atoms with E-state index in [4.69, 9.17) is 0 Å². The van der Waals surface area contributed by atoms with Gasteiger partial charge in [0.2, 0.25) is 5.91 Å². The van der Waals surface area contributed by atoms with Crippen LogP contribution >= 0.6 is 0 Å². The highest BCUT2D eigenvalue weighted by Gasteiger charge is 2.23. The molecule has 1 atom stereocenters. The Hall–Kier alpha value is -3.06. The first-order valence-corrected chi connectivity index (χ1v) is 9.49. The Morgan fingerprint density at radius 2 is 2.03 bits per heavy atom. The van der Waals surface area contributed by atoms with Gasteiger partial charge < -0.3 is 15.3 Å². The minimum absolute atomic E-state index is 0.139. The number of amides is 1. The lowest BCUT2D eigenvalue weighted by Gasteiger charge is -2.12. The van der Waals surface area contributed by atoms with Gasteiger partial charge in [0.1, 0.15) is 11.6 Å². The van der Waals surface area contributed by atoms with Crippen molar-refractivity contribution in [2.45, 2.75) is 25.6 Å².